The van der Waals surface area contributed by atoms with Gasteiger partial charge in [0.15, 0.2) is 0 Å². The molecule has 0 radical (unpaired) electrons. The Bertz CT molecular complexity index is 2130. The van der Waals surface area contributed by atoms with Crippen LogP contribution in [0.2, 0.25) is 0 Å². The number of thiophene rings is 1. The van der Waals surface area contributed by atoms with E-state index in [4.69, 9.17) is 9.15 Å². The number of rotatable bonds is 11. The second kappa shape index (κ2) is 16.0. The van der Waals surface area contributed by atoms with Crippen LogP contribution in [-0.4, -0.2) is 30.1 Å². The van der Waals surface area contributed by atoms with Gasteiger partial charge in [-0.1, -0.05) is 37.3 Å². The van der Waals surface area contributed by atoms with Gasteiger partial charge in [-0.3, -0.25) is 14.4 Å². The number of amides is 3. The van der Waals surface area contributed by atoms with Crippen molar-refractivity contribution in [1.82, 2.24) is 5.32 Å². The number of benzene rings is 3. The summed E-state index contributed by atoms with van der Waals surface area (Å²) in [6.45, 7) is 4.03. The Balaban J connectivity index is 1.14. The number of thioether (sulfide) groups is 1. The molecular formula is C40H36N4O5S2. The van der Waals surface area contributed by atoms with Crippen LogP contribution in [0.1, 0.15) is 52.4 Å². The number of carbonyl (C=O) groups excluding carboxylic acids is 3. The number of para-hydroxylation sites is 1. The largest absolute Gasteiger partial charge is 0.496 e. The zero-order valence-electron chi connectivity index (χ0n) is 28.3. The highest BCUT2D eigenvalue weighted by Gasteiger charge is 2.26. The first kappa shape index (κ1) is 35.3. The van der Waals surface area contributed by atoms with E-state index in [9.17, 15) is 19.6 Å². The van der Waals surface area contributed by atoms with Gasteiger partial charge < -0.3 is 25.1 Å². The third-order valence-electron chi connectivity index (χ3n) is 8.47. The van der Waals surface area contributed by atoms with Crippen molar-refractivity contribution in [1.29, 1.82) is 5.26 Å². The Morgan fingerprint density at radius 1 is 1.00 bits per heavy atom. The van der Waals surface area contributed by atoms with Crippen LogP contribution in [0.4, 0.5) is 10.7 Å². The molecule has 1 aliphatic rings. The topological polar surface area (TPSA) is 133 Å². The first-order valence-electron chi connectivity index (χ1n) is 16.5. The third kappa shape index (κ3) is 8.43. The van der Waals surface area contributed by atoms with Crippen molar-refractivity contribution in [2.24, 2.45) is 5.92 Å². The van der Waals surface area contributed by atoms with Crippen LogP contribution in [0.5, 0.6) is 5.75 Å². The van der Waals surface area contributed by atoms with E-state index in [1.165, 1.54) is 34.1 Å². The quantitative estimate of drug-likeness (QED) is 0.0922. The van der Waals surface area contributed by atoms with E-state index in [1.54, 1.807) is 61.7 Å². The molecule has 5 aromatic rings. The average Bonchev–Trinajstić information content (AvgIpc) is 3.75. The number of furan rings is 1. The molecule has 0 unspecified atom stereocenters. The average molecular weight is 717 g/mol. The first-order chi connectivity index (χ1) is 24.7. The summed E-state index contributed by atoms with van der Waals surface area (Å²) in [6.07, 6.45) is 4.32. The lowest BCUT2D eigenvalue weighted by atomic mass is 9.89. The van der Waals surface area contributed by atoms with Crippen molar-refractivity contribution in [3.05, 3.63) is 124 Å². The number of nitriles is 1. The number of anilines is 2. The predicted octanol–water partition coefficient (Wildman–Crippen LogP) is 8.54. The van der Waals surface area contributed by atoms with E-state index in [1.807, 2.05) is 43.3 Å². The summed E-state index contributed by atoms with van der Waals surface area (Å²) in [5.74, 6) is 0.912. The molecule has 1 aliphatic carbocycles. The Labute approximate surface area is 304 Å². The fourth-order valence-corrected chi connectivity index (χ4v) is 7.98. The maximum Gasteiger partial charge on any atom is 0.272 e. The second-order valence-corrected chi connectivity index (χ2v) is 14.7. The molecule has 0 fully saturated rings. The number of hydrogen-bond donors (Lipinski definition) is 3. The number of methoxy groups -OCH3 is 1. The number of fused-ring (bicyclic) bond motifs is 1. The van der Waals surface area contributed by atoms with E-state index >= 15 is 0 Å². The normalized spacial score (nSPS) is 14.5. The molecule has 2 aromatic heterocycles. The Morgan fingerprint density at radius 2 is 1.75 bits per heavy atom. The van der Waals surface area contributed by atoms with Crippen LogP contribution in [0.3, 0.4) is 0 Å². The molecule has 51 heavy (non-hydrogen) atoms. The molecule has 6 rings (SSSR count). The minimum atomic E-state index is -0.552. The number of nitrogens with zero attached hydrogens (tertiary/aromatic N) is 1. The van der Waals surface area contributed by atoms with Crippen molar-refractivity contribution in [3.63, 3.8) is 0 Å². The van der Waals surface area contributed by atoms with Crippen molar-refractivity contribution in [3.8, 4) is 23.1 Å². The minimum Gasteiger partial charge on any atom is -0.496 e. The molecule has 9 nitrogen and oxygen atoms in total. The van der Waals surface area contributed by atoms with Gasteiger partial charge in [0.2, 0.25) is 5.91 Å². The molecule has 258 valence electrons. The van der Waals surface area contributed by atoms with Gasteiger partial charge in [-0.05, 0) is 98.3 Å². The lowest BCUT2D eigenvalue weighted by Gasteiger charge is -2.17. The molecule has 0 saturated carbocycles. The maximum absolute atomic E-state index is 13.6. The van der Waals surface area contributed by atoms with E-state index in [-0.39, 0.29) is 11.6 Å². The fourth-order valence-electron chi connectivity index (χ4n) is 5.75. The zero-order chi connectivity index (χ0) is 35.9. The van der Waals surface area contributed by atoms with Gasteiger partial charge in [0.25, 0.3) is 11.8 Å². The van der Waals surface area contributed by atoms with Gasteiger partial charge in [0.1, 0.15) is 34.0 Å². The first-order valence-corrected chi connectivity index (χ1v) is 18.2. The van der Waals surface area contributed by atoms with E-state index < -0.39 is 17.1 Å². The van der Waals surface area contributed by atoms with Gasteiger partial charge in [-0.2, -0.15) is 5.26 Å². The van der Waals surface area contributed by atoms with Crippen LogP contribution in [0.15, 0.2) is 106 Å². The van der Waals surface area contributed by atoms with Gasteiger partial charge in [-0.15, -0.1) is 23.1 Å². The van der Waals surface area contributed by atoms with E-state index in [0.717, 1.165) is 35.3 Å². The monoisotopic (exact) mass is 716 g/mol. The van der Waals surface area contributed by atoms with Gasteiger partial charge >= 0.3 is 0 Å². The van der Waals surface area contributed by atoms with Gasteiger partial charge in [-0.25, -0.2) is 0 Å². The molecule has 3 N–H and O–H groups in total. The van der Waals surface area contributed by atoms with Crippen LogP contribution in [0, 0.1) is 17.2 Å². The highest BCUT2D eigenvalue weighted by Crippen LogP contribution is 2.40. The Morgan fingerprint density at radius 3 is 2.49 bits per heavy atom. The number of hydrogen-bond acceptors (Lipinski definition) is 8. The summed E-state index contributed by atoms with van der Waals surface area (Å²) in [4.78, 5) is 41.9. The van der Waals surface area contributed by atoms with Crippen molar-refractivity contribution < 1.29 is 23.5 Å². The summed E-state index contributed by atoms with van der Waals surface area (Å²) in [5.41, 5.74) is 3.28. The fraction of sp³-hybridized carbons (Fsp3) is 0.200. The smallest absolute Gasteiger partial charge is 0.272 e. The lowest BCUT2D eigenvalue weighted by Crippen LogP contribution is -2.30. The SMILES string of the molecule is COc1ccccc1-c1ccc(/C=C(\NC(=O)c2ccccc2)C(=O)Nc2ccc(S[C@@H](C)C(=O)Nc3sc4c(c3C#N)CC[C@@H](C)C4)cc2)o1. The lowest BCUT2D eigenvalue weighted by molar-refractivity contribution is -0.115. The van der Waals surface area contributed by atoms with Crippen molar-refractivity contribution in [2.75, 3.05) is 17.7 Å². The molecule has 0 bridgehead atoms. The second-order valence-electron chi connectivity index (χ2n) is 12.2. The van der Waals surface area contributed by atoms with Crippen LogP contribution in [-0.2, 0) is 22.4 Å². The van der Waals surface area contributed by atoms with E-state index in [2.05, 4.69) is 28.9 Å². The minimum absolute atomic E-state index is 0.0185. The zero-order valence-corrected chi connectivity index (χ0v) is 30.0. The molecule has 11 heteroatoms. The predicted molar refractivity (Wildman–Crippen MR) is 202 cm³/mol. The van der Waals surface area contributed by atoms with Crippen molar-refractivity contribution >= 4 is 57.6 Å². The van der Waals surface area contributed by atoms with Crippen LogP contribution < -0.4 is 20.7 Å². The van der Waals surface area contributed by atoms with Gasteiger partial charge in [0.05, 0.1) is 23.5 Å². The molecule has 0 spiro atoms. The molecule has 0 saturated heterocycles. The summed E-state index contributed by atoms with van der Waals surface area (Å²) >= 11 is 2.88. The molecule has 3 amide bonds. The summed E-state index contributed by atoms with van der Waals surface area (Å²) < 4.78 is 11.5. The highest BCUT2D eigenvalue weighted by molar-refractivity contribution is 8.00. The van der Waals surface area contributed by atoms with Crippen LogP contribution in [0.25, 0.3) is 17.4 Å². The Hall–Kier alpha value is -5.57. The molecular weight excluding hydrogens is 681 g/mol. The van der Waals surface area contributed by atoms with E-state index in [0.29, 0.717) is 45.0 Å². The summed E-state index contributed by atoms with van der Waals surface area (Å²) in [5, 5.41) is 18.6. The number of ether oxygens (including phenoxy) is 1. The molecule has 0 aliphatic heterocycles. The summed E-state index contributed by atoms with van der Waals surface area (Å²) in [7, 11) is 1.58. The van der Waals surface area contributed by atoms with Crippen LogP contribution >= 0.6 is 23.1 Å². The summed E-state index contributed by atoms with van der Waals surface area (Å²) in [6, 6.07) is 28.9. The molecule has 3 aromatic carbocycles. The van der Waals surface area contributed by atoms with Crippen molar-refractivity contribution in [2.45, 2.75) is 43.3 Å². The van der Waals surface area contributed by atoms with Gasteiger partial charge in [0, 0.05) is 27.1 Å². The Kier molecular flexibility index (Phi) is 11.0. The maximum atomic E-state index is 13.6. The standard InChI is InChI=1S/C40H36N4O5S2/c1-24-13-19-30-32(23-41)40(51-36(30)21-24)44-37(45)25(2)50-29-17-14-27(15-18-29)42-39(47)33(43-38(46)26-9-5-4-6-10-26)22-28-16-20-35(49-28)31-11-7-8-12-34(31)48-3/h4-12,14-18,20,22,24-25H,13,19,21H2,1-3H3,(H,42,47)(H,43,46)(H,44,45)/b33-22-/t24-,25+/m1/s1. The molecule has 2 heterocycles. The number of nitrogens with one attached hydrogen (secondary N) is 3. The molecule has 2 atom stereocenters. The third-order valence-corrected chi connectivity index (χ3v) is 10.8. The highest BCUT2D eigenvalue weighted by atomic mass is 32.2. The number of carbonyl (C=O) groups is 3.